The van der Waals surface area contributed by atoms with Crippen molar-refractivity contribution >= 4 is 12.0 Å². The Labute approximate surface area is 75.7 Å². The number of aryl methyl sites for hydroxylation is 1. The number of hydrogen-bond acceptors (Lipinski definition) is 4. The SMILES string of the molecule is CCCNC(=O)Nc1nnc(C)o1. The Kier molecular flexibility index (Phi) is 3.24. The Balaban J connectivity index is 2.36. The lowest BCUT2D eigenvalue weighted by molar-refractivity contribution is 0.251. The van der Waals surface area contributed by atoms with Gasteiger partial charge in [-0.25, -0.2) is 4.79 Å². The number of nitrogens with zero attached hydrogens (tertiary/aromatic N) is 2. The maximum atomic E-state index is 11.0. The van der Waals surface area contributed by atoms with Crippen LogP contribution in [-0.4, -0.2) is 22.8 Å². The zero-order chi connectivity index (χ0) is 9.68. The molecule has 0 aromatic carbocycles. The summed E-state index contributed by atoms with van der Waals surface area (Å²) in [6.45, 7) is 4.25. The zero-order valence-corrected chi connectivity index (χ0v) is 7.63. The summed E-state index contributed by atoms with van der Waals surface area (Å²) in [6, 6.07) is -0.211. The van der Waals surface area contributed by atoms with Gasteiger partial charge in [0.15, 0.2) is 0 Å². The summed E-state index contributed by atoms with van der Waals surface area (Å²) < 4.78 is 4.94. The fourth-order valence-corrected chi connectivity index (χ4v) is 0.727. The van der Waals surface area contributed by atoms with Crippen molar-refractivity contribution in [1.82, 2.24) is 15.5 Å². The molecule has 0 saturated carbocycles. The lowest BCUT2D eigenvalue weighted by atomic mass is 10.5. The summed E-state index contributed by atoms with van der Waals surface area (Å²) in [5.74, 6) is 0.422. The van der Waals surface area contributed by atoms with Gasteiger partial charge in [-0.1, -0.05) is 12.0 Å². The lowest BCUT2D eigenvalue weighted by Crippen LogP contribution is -2.29. The molecule has 72 valence electrons. The average Bonchev–Trinajstić information content (AvgIpc) is 2.48. The molecule has 6 nitrogen and oxygen atoms in total. The third-order valence-electron chi connectivity index (χ3n) is 1.28. The first-order valence-corrected chi connectivity index (χ1v) is 4.07. The molecule has 0 spiro atoms. The monoisotopic (exact) mass is 184 g/mol. The number of hydrogen-bond donors (Lipinski definition) is 2. The predicted octanol–water partition coefficient (Wildman–Crippen LogP) is 0.910. The van der Waals surface area contributed by atoms with Gasteiger partial charge in [-0.3, -0.25) is 5.32 Å². The summed E-state index contributed by atoms with van der Waals surface area (Å²) in [5, 5.41) is 12.2. The Morgan fingerprint density at radius 3 is 2.85 bits per heavy atom. The highest BCUT2D eigenvalue weighted by Gasteiger charge is 2.05. The van der Waals surface area contributed by atoms with E-state index in [2.05, 4.69) is 20.8 Å². The third-order valence-corrected chi connectivity index (χ3v) is 1.28. The van der Waals surface area contributed by atoms with E-state index < -0.39 is 0 Å². The van der Waals surface area contributed by atoms with E-state index in [1.807, 2.05) is 6.92 Å². The number of amides is 2. The maximum absolute atomic E-state index is 11.0. The van der Waals surface area contributed by atoms with Crippen molar-refractivity contribution in [1.29, 1.82) is 0 Å². The number of nitrogens with one attached hydrogen (secondary N) is 2. The molecule has 13 heavy (non-hydrogen) atoms. The Morgan fingerprint density at radius 1 is 1.54 bits per heavy atom. The van der Waals surface area contributed by atoms with Crippen LogP contribution in [0.1, 0.15) is 19.2 Å². The predicted molar refractivity (Wildman–Crippen MR) is 46.3 cm³/mol. The summed E-state index contributed by atoms with van der Waals surface area (Å²) in [6.07, 6.45) is 0.885. The molecule has 1 heterocycles. The highest BCUT2D eigenvalue weighted by molar-refractivity contribution is 5.86. The molecule has 1 aromatic rings. The summed E-state index contributed by atoms with van der Waals surface area (Å²) in [4.78, 5) is 11.0. The highest BCUT2D eigenvalue weighted by Crippen LogP contribution is 2.02. The van der Waals surface area contributed by atoms with Crippen molar-refractivity contribution in [3.05, 3.63) is 5.89 Å². The van der Waals surface area contributed by atoms with E-state index in [1.54, 1.807) is 6.92 Å². The van der Waals surface area contributed by atoms with Gasteiger partial charge < -0.3 is 9.73 Å². The molecule has 0 aliphatic rings. The van der Waals surface area contributed by atoms with Gasteiger partial charge in [-0.05, 0) is 6.42 Å². The average molecular weight is 184 g/mol. The summed E-state index contributed by atoms with van der Waals surface area (Å²) in [5.41, 5.74) is 0. The summed E-state index contributed by atoms with van der Waals surface area (Å²) in [7, 11) is 0. The Bertz CT molecular complexity index is 284. The molecule has 0 unspecified atom stereocenters. The Morgan fingerprint density at radius 2 is 2.31 bits per heavy atom. The number of aromatic nitrogens is 2. The minimum atomic E-state index is -0.328. The molecule has 6 heteroatoms. The molecule has 2 N–H and O–H groups in total. The van der Waals surface area contributed by atoms with Crippen molar-refractivity contribution in [2.45, 2.75) is 20.3 Å². The van der Waals surface area contributed by atoms with Crippen LogP contribution in [0.15, 0.2) is 4.42 Å². The van der Waals surface area contributed by atoms with E-state index in [1.165, 1.54) is 0 Å². The number of carbonyl (C=O) groups excluding carboxylic acids is 1. The van der Waals surface area contributed by atoms with Gasteiger partial charge in [0.25, 0.3) is 0 Å². The largest absolute Gasteiger partial charge is 0.408 e. The van der Waals surface area contributed by atoms with E-state index in [0.29, 0.717) is 12.4 Å². The van der Waals surface area contributed by atoms with E-state index in [4.69, 9.17) is 4.42 Å². The van der Waals surface area contributed by atoms with Crippen LogP contribution >= 0.6 is 0 Å². The quantitative estimate of drug-likeness (QED) is 0.731. The van der Waals surface area contributed by atoms with Crippen molar-refractivity contribution in [2.24, 2.45) is 0 Å². The van der Waals surface area contributed by atoms with Crippen molar-refractivity contribution < 1.29 is 9.21 Å². The molecule has 1 aromatic heterocycles. The molecule has 0 fully saturated rings. The van der Waals surface area contributed by atoms with Gasteiger partial charge in [0.05, 0.1) is 0 Å². The number of rotatable bonds is 3. The van der Waals surface area contributed by atoms with Crippen molar-refractivity contribution in [2.75, 3.05) is 11.9 Å². The van der Waals surface area contributed by atoms with E-state index in [0.717, 1.165) is 6.42 Å². The van der Waals surface area contributed by atoms with E-state index in [9.17, 15) is 4.79 Å². The molecule has 0 aliphatic heterocycles. The molecule has 0 saturated heterocycles. The lowest BCUT2D eigenvalue weighted by Gasteiger charge is -2.01. The second kappa shape index (κ2) is 4.44. The van der Waals surface area contributed by atoms with Gasteiger partial charge in [0, 0.05) is 13.5 Å². The van der Waals surface area contributed by atoms with Crippen LogP contribution in [0.3, 0.4) is 0 Å². The second-order valence-electron chi connectivity index (χ2n) is 2.51. The van der Waals surface area contributed by atoms with Gasteiger partial charge in [-0.15, -0.1) is 5.10 Å². The van der Waals surface area contributed by atoms with Gasteiger partial charge >= 0.3 is 12.0 Å². The fourth-order valence-electron chi connectivity index (χ4n) is 0.727. The van der Waals surface area contributed by atoms with E-state index in [-0.39, 0.29) is 12.0 Å². The second-order valence-corrected chi connectivity index (χ2v) is 2.51. The van der Waals surface area contributed by atoms with Gasteiger partial charge in [-0.2, -0.15) is 0 Å². The molecule has 2 amide bonds. The smallest absolute Gasteiger partial charge is 0.323 e. The van der Waals surface area contributed by atoms with Gasteiger partial charge in [0.1, 0.15) is 0 Å². The van der Waals surface area contributed by atoms with Gasteiger partial charge in [0.2, 0.25) is 5.89 Å². The van der Waals surface area contributed by atoms with Crippen LogP contribution in [0.2, 0.25) is 0 Å². The zero-order valence-electron chi connectivity index (χ0n) is 7.63. The van der Waals surface area contributed by atoms with Crippen LogP contribution in [-0.2, 0) is 0 Å². The molecule has 0 atom stereocenters. The minimum Gasteiger partial charge on any atom is -0.408 e. The van der Waals surface area contributed by atoms with Crippen molar-refractivity contribution in [3.8, 4) is 0 Å². The molecule has 0 bridgehead atoms. The fraction of sp³-hybridized carbons (Fsp3) is 0.571. The Hall–Kier alpha value is -1.59. The molecule has 0 aliphatic carbocycles. The first-order valence-electron chi connectivity index (χ1n) is 4.07. The first kappa shape index (κ1) is 9.50. The molecule has 0 radical (unpaired) electrons. The maximum Gasteiger partial charge on any atom is 0.323 e. The van der Waals surface area contributed by atoms with Crippen LogP contribution < -0.4 is 10.6 Å². The third kappa shape index (κ3) is 3.10. The first-order chi connectivity index (χ1) is 6.22. The number of anilines is 1. The molecular formula is C7H12N4O2. The molecular weight excluding hydrogens is 172 g/mol. The van der Waals surface area contributed by atoms with Crippen LogP contribution in [0.4, 0.5) is 10.8 Å². The normalized spacial score (nSPS) is 9.69. The highest BCUT2D eigenvalue weighted by atomic mass is 16.4. The molecule has 1 rings (SSSR count). The van der Waals surface area contributed by atoms with Crippen LogP contribution in [0.25, 0.3) is 0 Å². The number of carbonyl (C=O) groups is 1. The van der Waals surface area contributed by atoms with Crippen LogP contribution in [0.5, 0.6) is 0 Å². The van der Waals surface area contributed by atoms with E-state index >= 15 is 0 Å². The topological polar surface area (TPSA) is 80.0 Å². The summed E-state index contributed by atoms with van der Waals surface area (Å²) >= 11 is 0. The standard InChI is InChI=1S/C7H12N4O2/c1-3-4-8-6(12)9-7-11-10-5(2)13-7/h3-4H2,1-2H3,(H2,8,9,11,12). The number of urea groups is 1. The van der Waals surface area contributed by atoms with Crippen molar-refractivity contribution in [3.63, 3.8) is 0 Å². The van der Waals surface area contributed by atoms with Crippen LogP contribution in [0, 0.1) is 6.92 Å². The minimum absolute atomic E-state index is 0.117.